The maximum atomic E-state index is 13.0. The van der Waals surface area contributed by atoms with Crippen molar-refractivity contribution in [2.75, 3.05) is 11.5 Å². The van der Waals surface area contributed by atoms with E-state index in [-0.39, 0.29) is 40.6 Å². The molecule has 11 heteroatoms. The average molecular weight is 429 g/mol. The van der Waals surface area contributed by atoms with Crippen LogP contribution in [0.1, 0.15) is 33.7 Å². The molecule has 1 N–H and O–H groups in total. The number of halogens is 3. The number of aromatic nitrogens is 2. The van der Waals surface area contributed by atoms with E-state index in [1.54, 1.807) is 0 Å². The van der Waals surface area contributed by atoms with Gasteiger partial charge < -0.3 is 5.32 Å². The summed E-state index contributed by atoms with van der Waals surface area (Å²) >= 11 is 0. The third-order valence-electron chi connectivity index (χ3n) is 4.71. The predicted molar refractivity (Wildman–Crippen MR) is 97.6 cm³/mol. The van der Waals surface area contributed by atoms with E-state index in [1.807, 2.05) is 0 Å². The number of sulfone groups is 1. The number of hydrogen-bond donors (Lipinski definition) is 1. The van der Waals surface area contributed by atoms with Crippen molar-refractivity contribution in [1.82, 2.24) is 15.1 Å². The molecule has 0 saturated carbocycles. The molecule has 3 rings (SSSR count). The number of hydrogen-bond acceptors (Lipinski definition) is 5. The summed E-state index contributed by atoms with van der Waals surface area (Å²) < 4.78 is 63.1. The molecular formula is C18H18F3N3O4S. The number of carbonyl (C=O) groups is 2. The van der Waals surface area contributed by atoms with Crippen molar-refractivity contribution in [2.24, 2.45) is 0 Å². The largest absolute Gasteiger partial charge is 0.416 e. The molecule has 29 heavy (non-hydrogen) atoms. The van der Waals surface area contributed by atoms with Crippen LogP contribution in [0.4, 0.5) is 13.2 Å². The standard InChI is InChI=1S/C18H18F3N3O4S/c1-10-15(16(25)17(26)22-13-6-7-29(27,28)9-13)11(2)24(23-10)14-5-3-4-12(8-14)18(19,20)21/h3-5,8,13H,6-7,9H2,1-2H3,(H,22,26)/t13-/m1/s1. The lowest BCUT2D eigenvalue weighted by Crippen LogP contribution is -2.40. The lowest BCUT2D eigenvalue weighted by atomic mass is 10.1. The quantitative estimate of drug-likeness (QED) is 0.592. The lowest BCUT2D eigenvalue weighted by Gasteiger charge is -2.11. The van der Waals surface area contributed by atoms with Crippen molar-refractivity contribution in [2.45, 2.75) is 32.5 Å². The molecule has 156 valence electrons. The smallest absolute Gasteiger partial charge is 0.345 e. The zero-order valence-electron chi connectivity index (χ0n) is 15.6. The summed E-state index contributed by atoms with van der Waals surface area (Å²) in [7, 11) is -3.23. The topological polar surface area (TPSA) is 98.1 Å². The van der Waals surface area contributed by atoms with Crippen molar-refractivity contribution in [1.29, 1.82) is 0 Å². The molecule has 1 aliphatic rings. The van der Waals surface area contributed by atoms with Crippen LogP contribution in [0.5, 0.6) is 0 Å². The van der Waals surface area contributed by atoms with E-state index in [0.717, 1.165) is 12.1 Å². The molecule has 1 aromatic carbocycles. The molecule has 0 unspecified atom stereocenters. The highest BCUT2D eigenvalue weighted by Crippen LogP contribution is 2.31. The average Bonchev–Trinajstić information content (AvgIpc) is 3.11. The van der Waals surface area contributed by atoms with Gasteiger partial charge in [-0.3, -0.25) is 9.59 Å². The summed E-state index contributed by atoms with van der Waals surface area (Å²) in [6, 6.07) is 3.81. The Morgan fingerprint density at radius 3 is 2.52 bits per heavy atom. The van der Waals surface area contributed by atoms with Crippen LogP contribution in [-0.2, 0) is 20.8 Å². The molecule has 2 aromatic rings. The summed E-state index contributed by atoms with van der Waals surface area (Å²) in [5.41, 5.74) is -0.404. The van der Waals surface area contributed by atoms with Gasteiger partial charge in [0.15, 0.2) is 9.84 Å². The fourth-order valence-corrected chi connectivity index (χ4v) is 4.98. The summed E-state index contributed by atoms with van der Waals surface area (Å²) in [5.74, 6) is -2.17. The van der Waals surface area contributed by atoms with Gasteiger partial charge in [-0.25, -0.2) is 13.1 Å². The van der Waals surface area contributed by atoms with Gasteiger partial charge in [0.2, 0.25) is 0 Å². The number of Topliss-reactive ketones (excluding diaryl/α,β-unsaturated/α-hetero) is 1. The van der Waals surface area contributed by atoms with E-state index in [4.69, 9.17) is 0 Å². The number of nitrogens with zero attached hydrogens (tertiary/aromatic N) is 2. The van der Waals surface area contributed by atoms with E-state index in [9.17, 15) is 31.2 Å². The second-order valence-corrected chi connectivity index (χ2v) is 9.14. The first-order valence-electron chi connectivity index (χ1n) is 8.68. The van der Waals surface area contributed by atoms with E-state index >= 15 is 0 Å². The highest BCUT2D eigenvalue weighted by atomic mass is 32.2. The van der Waals surface area contributed by atoms with Crippen molar-refractivity contribution in [3.8, 4) is 5.69 Å². The molecule has 0 spiro atoms. The van der Waals surface area contributed by atoms with Gasteiger partial charge in [-0.15, -0.1) is 0 Å². The van der Waals surface area contributed by atoms with Gasteiger partial charge in [-0.05, 0) is 38.5 Å². The van der Waals surface area contributed by atoms with Gasteiger partial charge in [-0.2, -0.15) is 18.3 Å². The first-order chi connectivity index (χ1) is 13.4. The molecule has 0 radical (unpaired) electrons. The zero-order valence-corrected chi connectivity index (χ0v) is 16.4. The Morgan fingerprint density at radius 1 is 1.24 bits per heavy atom. The molecule has 2 heterocycles. The van der Waals surface area contributed by atoms with Gasteiger partial charge in [0.1, 0.15) is 0 Å². The van der Waals surface area contributed by atoms with Crippen LogP contribution < -0.4 is 5.32 Å². The number of aryl methyl sites for hydroxylation is 1. The monoisotopic (exact) mass is 429 g/mol. The van der Waals surface area contributed by atoms with E-state index < -0.39 is 39.3 Å². The summed E-state index contributed by atoms with van der Waals surface area (Å²) in [4.78, 5) is 24.9. The summed E-state index contributed by atoms with van der Waals surface area (Å²) in [6.45, 7) is 2.94. The number of carbonyl (C=O) groups excluding carboxylic acids is 2. The van der Waals surface area contributed by atoms with Gasteiger partial charge in [0.25, 0.3) is 11.7 Å². The van der Waals surface area contributed by atoms with Crippen molar-refractivity contribution in [3.05, 3.63) is 46.8 Å². The van der Waals surface area contributed by atoms with Crippen LogP contribution in [-0.4, -0.2) is 47.4 Å². The highest BCUT2D eigenvalue weighted by Gasteiger charge is 2.33. The number of benzene rings is 1. The third kappa shape index (κ3) is 4.34. The van der Waals surface area contributed by atoms with Crippen LogP contribution in [0.25, 0.3) is 5.69 Å². The molecule has 1 aliphatic heterocycles. The number of rotatable bonds is 4. The molecule has 1 aromatic heterocycles. The SMILES string of the molecule is Cc1nn(-c2cccc(C(F)(F)F)c2)c(C)c1C(=O)C(=O)N[C@@H]1CCS(=O)(=O)C1. The molecule has 1 fully saturated rings. The minimum absolute atomic E-state index is 0.0271. The zero-order chi connectivity index (χ0) is 21.6. The Balaban J connectivity index is 1.88. The van der Waals surface area contributed by atoms with E-state index in [0.29, 0.717) is 0 Å². The lowest BCUT2D eigenvalue weighted by molar-refractivity contribution is -0.137. The van der Waals surface area contributed by atoms with Gasteiger partial charge in [0.05, 0.1) is 39.7 Å². The first kappa shape index (κ1) is 21.0. The maximum Gasteiger partial charge on any atom is 0.416 e. The Hall–Kier alpha value is -2.69. The minimum Gasteiger partial charge on any atom is -0.345 e. The Kier molecular flexibility index (Phi) is 5.28. The van der Waals surface area contributed by atoms with E-state index in [2.05, 4.69) is 10.4 Å². The van der Waals surface area contributed by atoms with Crippen LogP contribution in [0.3, 0.4) is 0 Å². The molecular weight excluding hydrogens is 411 g/mol. The minimum atomic E-state index is -4.54. The maximum absolute atomic E-state index is 13.0. The fourth-order valence-electron chi connectivity index (χ4n) is 3.31. The van der Waals surface area contributed by atoms with Crippen molar-refractivity contribution >= 4 is 21.5 Å². The second-order valence-electron chi connectivity index (χ2n) is 6.91. The van der Waals surface area contributed by atoms with Gasteiger partial charge in [-0.1, -0.05) is 6.07 Å². The van der Waals surface area contributed by atoms with Gasteiger partial charge in [0, 0.05) is 6.04 Å². The fraction of sp³-hybridized carbons (Fsp3) is 0.389. The molecule has 1 amide bonds. The Bertz CT molecular complexity index is 1090. The second kappa shape index (κ2) is 7.29. The molecule has 0 aliphatic carbocycles. The van der Waals surface area contributed by atoms with Crippen LogP contribution in [0.15, 0.2) is 24.3 Å². The van der Waals surface area contributed by atoms with Crippen LogP contribution in [0.2, 0.25) is 0 Å². The van der Waals surface area contributed by atoms with Crippen molar-refractivity contribution in [3.63, 3.8) is 0 Å². The van der Waals surface area contributed by atoms with Crippen LogP contribution in [0, 0.1) is 13.8 Å². The first-order valence-corrected chi connectivity index (χ1v) is 10.5. The number of nitrogens with one attached hydrogen (secondary N) is 1. The summed E-state index contributed by atoms with van der Waals surface area (Å²) in [5, 5.41) is 6.53. The Morgan fingerprint density at radius 2 is 1.93 bits per heavy atom. The summed E-state index contributed by atoms with van der Waals surface area (Å²) in [6.07, 6.45) is -4.31. The number of amides is 1. The normalized spacial score (nSPS) is 18.6. The predicted octanol–water partition coefficient (Wildman–Crippen LogP) is 1.99. The Labute approximate surface area is 164 Å². The molecule has 1 atom stereocenters. The molecule has 7 nitrogen and oxygen atoms in total. The number of ketones is 1. The third-order valence-corrected chi connectivity index (χ3v) is 6.48. The van der Waals surface area contributed by atoms with E-state index in [1.165, 1.54) is 30.7 Å². The van der Waals surface area contributed by atoms with Crippen molar-refractivity contribution < 1.29 is 31.2 Å². The number of alkyl halides is 3. The van der Waals surface area contributed by atoms with Crippen LogP contribution >= 0.6 is 0 Å². The van der Waals surface area contributed by atoms with Gasteiger partial charge >= 0.3 is 6.18 Å². The molecule has 1 saturated heterocycles. The molecule has 0 bridgehead atoms. The highest BCUT2D eigenvalue weighted by molar-refractivity contribution is 7.91.